The highest BCUT2D eigenvalue weighted by atomic mass is 31.2. The topological polar surface area (TPSA) is 111 Å². The van der Waals surface area contributed by atoms with E-state index in [0.717, 1.165) is 70.6 Å². The quantitative estimate of drug-likeness (QED) is 0.0205. The highest BCUT2D eigenvalue weighted by molar-refractivity contribution is 7.47. The number of hydrogen-bond donors (Lipinski definition) is 2. The van der Waals surface area contributed by atoms with E-state index in [-0.39, 0.29) is 25.1 Å². The highest BCUT2D eigenvalue weighted by Crippen LogP contribution is 2.43. The van der Waals surface area contributed by atoms with Gasteiger partial charge in [-0.2, -0.15) is 0 Å². The molecule has 0 heterocycles. The van der Waals surface area contributed by atoms with Crippen LogP contribution in [0.2, 0.25) is 0 Å². The van der Waals surface area contributed by atoms with Crippen LogP contribution in [-0.2, 0) is 27.9 Å². The molecule has 0 aliphatic heterocycles. The van der Waals surface area contributed by atoms with Crippen molar-refractivity contribution in [2.45, 2.75) is 303 Å². The number of phosphoric acid groups is 1. The lowest BCUT2D eigenvalue weighted by Gasteiger charge is -2.27. The smallest absolute Gasteiger partial charge is 0.456 e. The van der Waals surface area contributed by atoms with Gasteiger partial charge in [0.25, 0.3) is 0 Å². The van der Waals surface area contributed by atoms with Gasteiger partial charge in [0.2, 0.25) is 5.91 Å². The van der Waals surface area contributed by atoms with Gasteiger partial charge in [-0.15, -0.1) is 0 Å². The van der Waals surface area contributed by atoms with E-state index in [1.807, 2.05) is 33.3 Å². The number of hydrogen-bond acceptors (Lipinski definition) is 6. The minimum Gasteiger partial charge on any atom is -0.456 e. The van der Waals surface area contributed by atoms with Crippen LogP contribution < -0.4 is 5.32 Å². The Bertz CT molecular complexity index is 1390. The molecule has 0 aliphatic carbocycles. The van der Waals surface area contributed by atoms with E-state index in [1.165, 1.54) is 186 Å². The van der Waals surface area contributed by atoms with Crippen molar-refractivity contribution in [1.29, 1.82) is 0 Å². The first-order valence-corrected chi connectivity index (χ1v) is 32.5. The molecule has 0 aromatic carbocycles. The summed E-state index contributed by atoms with van der Waals surface area (Å²) in [6.45, 7) is 7.00. The van der Waals surface area contributed by atoms with Crippen molar-refractivity contribution in [3.63, 3.8) is 0 Å². The van der Waals surface area contributed by atoms with Gasteiger partial charge in [-0.3, -0.25) is 18.6 Å². The van der Waals surface area contributed by atoms with Crippen LogP contribution in [0.5, 0.6) is 0 Å². The Kier molecular flexibility index (Phi) is 51.9. The molecule has 3 unspecified atom stereocenters. The zero-order chi connectivity index (χ0) is 53.6. The first-order valence-electron chi connectivity index (χ1n) is 31.0. The summed E-state index contributed by atoms with van der Waals surface area (Å²) >= 11 is 0. The largest absolute Gasteiger partial charge is 0.472 e. The normalized spacial score (nSPS) is 14.0. The van der Waals surface area contributed by atoms with Gasteiger partial charge >= 0.3 is 13.8 Å². The molecule has 0 aliphatic rings. The number of nitrogens with one attached hydrogen (secondary N) is 1. The molecule has 428 valence electrons. The number of likely N-dealkylation sites (N-methyl/N-ethyl adjacent to an activating group) is 1. The Hall–Kier alpha value is -2.03. The van der Waals surface area contributed by atoms with Crippen LogP contribution in [0.25, 0.3) is 0 Å². The molecule has 0 fully saturated rings. The summed E-state index contributed by atoms with van der Waals surface area (Å²) in [5.41, 5.74) is 0. The second-order valence-corrected chi connectivity index (χ2v) is 23.7. The van der Waals surface area contributed by atoms with Gasteiger partial charge < -0.3 is 19.4 Å². The van der Waals surface area contributed by atoms with Crippen molar-refractivity contribution in [3.05, 3.63) is 48.6 Å². The third kappa shape index (κ3) is 54.6. The number of esters is 1. The van der Waals surface area contributed by atoms with E-state index in [0.29, 0.717) is 23.9 Å². The van der Waals surface area contributed by atoms with Crippen molar-refractivity contribution in [3.8, 4) is 0 Å². The van der Waals surface area contributed by atoms with Crippen LogP contribution in [0.1, 0.15) is 290 Å². The molecule has 0 aromatic rings. The molecule has 3 atom stereocenters. The summed E-state index contributed by atoms with van der Waals surface area (Å²) in [4.78, 5) is 37.6. The van der Waals surface area contributed by atoms with Crippen molar-refractivity contribution in [2.24, 2.45) is 0 Å². The average Bonchev–Trinajstić information content (AvgIpc) is 3.35. The van der Waals surface area contributed by atoms with Crippen molar-refractivity contribution in [1.82, 2.24) is 5.32 Å². The van der Waals surface area contributed by atoms with Gasteiger partial charge in [0.15, 0.2) is 0 Å². The summed E-state index contributed by atoms with van der Waals surface area (Å²) in [5.74, 6) is -0.501. The van der Waals surface area contributed by atoms with Gasteiger partial charge in [-0.25, -0.2) is 4.57 Å². The monoisotopic (exact) mass is 1050 g/mol. The number of unbranched alkanes of at least 4 members (excludes halogenated alkanes) is 34. The standard InChI is InChI=1S/C63H119N2O7P/c1-7-10-13-16-19-22-25-27-28-29-30-31-32-33-34-35-36-38-41-43-46-49-52-55-62(66)64-60(59-71-73(68,69)70-58-57-65(4,5)6)61(54-51-48-45-42-40-37-26-23-20-17-14-11-8-2)72-63(67)56-53-50-47-44-39-24-21-18-15-12-9-3/h19,22,27-28,30-31,51,54,60-61H,7-18,20-21,23-26,29,32-50,52-53,55-59H2,1-6H3,(H-,64,66,68,69)/p+1/b22-19-,28-27-,31-30-,54-51+. The molecule has 0 saturated carbocycles. The molecular formula is C63H120N2O7P+. The lowest BCUT2D eigenvalue weighted by Crippen LogP contribution is -2.47. The molecule has 0 saturated heterocycles. The zero-order valence-corrected chi connectivity index (χ0v) is 49.8. The average molecular weight is 1050 g/mol. The van der Waals surface area contributed by atoms with Crippen LogP contribution in [0, 0.1) is 0 Å². The summed E-state index contributed by atoms with van der Waals surface area (Å²) < 4.78 is 30.7. The van der Waals surface area contributed by atoms with Crippen molar-refractivity contribution >= 4 is 19.7 Å². The van der Waals surface area contributed by atoms with Crippen molar-refractivity contribution in [2.75, 3.05) is 40.9 Å². The second-order valence-electron chi connectivity index (χ2n) is 22.2. The zero-order valence-electron chi connectivity index (χ0n) is 48.9. The predicted octanol–water partition coefficient (Wildman–Crippen LogP) is 18.9. The fourth-order valence-electron chi connectivity index (χ4n) is 8.95. The summed E-state index contributed by atoms with van der Waals surface area (Å²) in [5, 5.41) is 3.06. The SMILES string of the molecule is CCCCC/C=C\C/C=C\C/C=C\CCCCCCCCCCCCC(=O)NC(COP(=O)(O)OCC[N+](C)(C)C)C(/C=C/CCCCCCCCCCCCC)OC(=O)CCCCCCCCCCCCC. The Morgan fingerprint density at radius 2 is 0.836 bits per heavy atom. The number of rotatable bonds is 56. The van der Waals surface area contributed by atoms with E-state index < -0.39 is 20.0 Å². The maximum Gasteiger partial charge on any atom is 0.472 e. The van der Waals surface area contributed by atoms with Gasteiger partial charge in [0, 0.05) is 12.8 Å². The predicted molar refractivity (Wildman–Crippen MR) is 314 cm³/mol. The number of carbonyl (C=O) groups is 2. The molecule has 9 nitrogen and oxygen atoms in total. The molecule has 0 spiro atoms. The number of ether oxygens (including phenoxy) is 1. The molecule has 0 rings (SSSR count). The first kappa shape index (κ1) is 71.0. The molecule has 0 bridgehead atoms. The Labute approximate surface area is 452 Å². The number of allylic oxidation sites excluding steroid dienone is 7. The van der Waals surface area contributed by atoms with Crippen LogP contribution >= 0.6 is 7.82 Å². The van der Waals surface area contributed by atoms with E-state index in [1.54, 1.807) is 0 Å². The van der Waals surface area contributed by atoms with Gasteiger partial charge in [0.05, 0.1) is 33.8 Å². The third-order valence-electron chi connectivity index (χ3n) is 13.8. The fourth-order valence-corrected chi connectivity index (χ4v) is 9.68. The van der Waals surface area contributed by atoms with E-state index in [2.05, 4.69) is 62.5 Å². The second kappa shape index (κ2) is 53.4. The summed E-state index contributed by atoms with van der Waals surface area (Å²) in [6.07, 6.45) is 65.3. The Morgan fingerprint density at radius 3 is 1.27 bits per heavy atom. The van der Waals surface area contributed by atoms with E-state index in [4.69, 9.17) is 13.8 Å². The Balaban J connectivity index is 5.16. The lowest BCUT2D eigenvalue weighted by molar-refractivity contribution is -0.870. The number of phosphoric ester groups is 1. The van der Waals surface area contributed by atoms with E-state index >= 15 is 0 Å². The highest BCUT2D eigenvalue weighted by Gasteiger charge is 2.30. The minimum atomic E-state index is -4.44. The summed E-state index contributed by atoms with van der Waals surface area (Å²) in [7, 11) is 1.50. The molecule has 73 heavy (non-hydrogen) atoms. The third-order valence-corrected chi connectivity index (χ3v) is 14.8. The molecule has 2 N–H and O–H groups in total. The summed E-state index contributed by atoms with van der Waals surface area (Å²) in [6, 6.07) is -0.847. The maximum atomic E-state index is 13.5. The van der Waals surface area contributed by atoms with Gasteiger partial charge in [0.1, 0.15) is 19.3 Å². The fraction of sp³-hybridized carbons (Fsp3) is 0.841. The molecule has 10 heteroatoms. The number of quaternary nitrogens is 1. The minimum absolute atomic E-state index is 0.0406. The molecular weight excluding hydrogens is 928 g/mol. The van der Waals surface area contributed by atoms with Gasteiger partial charge in [-0.05, 0) is 70.3 Å². The molecule has 1 amide bonds. The first-order chi connectivity index (χ1) is 35.4. The van der Waals surface area contributed by atoms with Crippen LogP contribution in [0.15, 0.2) is 48.6 Å². The van der Waals surface area contributed by atoms with Crippen LogP contribution in [0.4, 0.5) is 0 Å². The lowest BCUT2D eigenvalue weighted by atomic mass is 10.0. The van der Waals surface area contributed by atoms with E-state index in [9.17, 15) is 19.0 Å². The van der Waals surface area contributed by atoms with Crippen LogP contribution in [-0.4, -0.2) is 74.3 Å². The number of nitrogens with zero attached hydrogens (tertiary/aromatic N) is 1. The number of amides is 1. The molecule has 0 aromatic heterocycles. The molecule has 0 radical (unpaired) electrons. The number of carbonyl (C=O) groups excluding carboxylic acids is 2. The van der Waals surface area contributed by atoms with Gasteiger partial charge in [-0.1, -0.05) is 256 Å². The maximum absolute atomic E-state index is 13.5. The Morgan fingerprint density at radius 1 is 0.479 bits per heavy atom. The van der Waals surface area contributed by atoms with Crippen molar-refractivity contribution < 1.29 is 37.3 Å². The van der Waals surface area contributed by atoms with Crippen LogP contribution in [0.3, 0.4) is 0 Å².